The Labute approximate surface area is 205 Å². The van der Waals surface area contributed by atoms with Crippen LogP contribution in [0.1, 0.15) is 17.2 Å². The lowest BCUT2D eigenvalue weighted by molar-refractivity contribution is -0.132. The van der Waals surface area contributed by atoms with Gasteiger partial charge in [0.25, 0.3) is 11.7 Å². The standard InChI is InChI=1S/C26H20ClNO7/c1-32-19-12-17(27)20(33-2)11-16(19)24(29)22-23(14-6-4-3-5-7-14)28(26(31)25(22)30)15-8-9-18-21(10-15)35-13-34-18/h3-12,23,29H,13H2,1-2H3/b24-22+. The van der Waals surface area contributed by atoms with Crippen LogP contribution in [0, 0.1) is 0 Å². The molecule has 3 aromatic rings. The van der Waals surface area contributed by atoms with Crippen LogP contribution in [0.4, 0.5) is 5.69 Å². The van der Waals surface area contributed by atoms with Gasteiger partial charge in [0.05, 0.1) is 36.4 Å². The fourth-order valence-corrected chi connectivity index (χ4v) is 4.51. The van der Waals surface area contributed by atoms with Gasteiger partial charge in [0.15, 0.2) is 11.5 Å². The number of carbonyl (C=O) groups is 2. The molecule has 0 bridgehead atoms. The summed E-state index contributed by atoms with van der Waals surface area (Å²) in [5.74, 6) is -0.555. The Kier molecular flexibility index (Phi) is 5.74. The molecule has 1 saturated heterocycles. The Balaban J connectivity index is 1.73. The average Bonchev–Trinajstić information content (AvgIpc) is 3.45. The van der Waals surface area contributed by atoms with E-state index < -0.39 is 23.5 Å². The minimum Gasteiger partial charge on any atom is -0.507 e. The maximum absolute atomic E-state index is 13.4. The lowest BCUT2D eigenvalue weighted by Gasteiger charge is -2.25. The van der Waals surface area contributed by atoms with Crippen molar-refractivity contribution in [1.82, 2.24) is 0 Å². The zero-order valence-corrected chi connectivity index (χ0v) is 19.5. The van der Waals surface area contributed by atoms with Crippen LogP contribution in [-0.2, 0) is 9.59 Å². The third kappa shape index (κ3) is 3.72. The largest absolute Gasteiger partial charge is 0.507 e. The number of nitrogens with zero attached hydrogens (tertiary/aromatic N) is 1. The highest BCUT2D eigenvalue weighted by molar-refractivity contribution is 6.51. The first-order valence-corrected chi connectivity index (χ1v) is 11.0. The van der Waals surface area contributed by atoms with Crippen molar-refractivity contribution in [3.8, 4) is 23.0 Å². The molecule has 1 unspecified atom stereocenters. The minimum absolute atomic E-state index is 0.0674. The van der Waals surface area contributed by atoms with E-state index in [9.17, 15) is 14.7 Å². The average molecular weight is 494 g/mol. The van der Waals surface area contributed by atoms with E-state index >= 15 is 0 Å². The summed E-state index contributed by atoms with van der Waals surface area (Å²) in [5, 5.41) is 11.7. The van der Waals surface area contributed by atoms with Crippen LogP contribution >= 0.6 is 11.6 Å². The van der Waals surface area contributed by atoms with Gasteiger partial charge in [0, 0.05) is 17.8 Å². The van der Waals surface area contributed by atoms with Crippen LogP contribution in [0.2, 0.25) is 5.02 Å². The van der Waals surface area contributed by atoms with Crippen LogP contribution in [0.5, 0.6) is 23.0 Å². The molecule has 9 heteroatoms. The molecule has 2 heterocycles. The van der Waals surface area contributed by atoms with Crippen molar-refractivity contribution in [1.29, 1.82) is 0 Å². The fraction of sp³-hybridized carbons (Fsp3) is 0.154. The van der Waals surface area contributed by atoms with E-state index in [4.69, 9.17) is 30.5 Å². The fourth-order valence-electron chi connectivity index (χ4n) is 4.28. The Bertz CT molecular complexity index is 1370. The molecule has 35 heavy (non-hydrogen) atoms. The summed E-state index contributed by atoms with van der Waals surface area (Å²) in [5.41, 5.74) is 1.12. The first-order chi connectivity index (χ1) is 16.9. The van der Waals surface area contributed by atoms with Crippen LogP contribution < -0.4 is 23.8 Å². The van der Waals surface area contributed by atoms with Crippen molar-refractivity contribution in [2.75, 3.05) is 25.9 Å². The first kappa shape index (κ1) is 22.6. The Morgan fingerprint density at radius 1 is 0.971 bits per heavy atom. The van der Waals surface area contributed by atoms with Crippen molar-refractivity contribution in [2.24, 2.45) is 0 Å². The number of aliphatic hydroxyl groups excluding tert-OH is 1. The van der Waals surface area contributed by atoms with Gasteiger partial charge >= 0.3 is 0 Å². The van der Waals surface area contributed by atoms with E-state index in [2.05, 4.69) is 0 Å². The molecule has 1 N–H and O–H groups in total. The highest BCUT2D eigenvalue weighted by Gasteiger charge is 2.47. The number of carbonyl (C=O) groups excluding carboxylic acids is 2. The maximum Gasteiger partial charge on any atom is 0.300 e. The van der Waals surface area contributed by atoms with Gasteiger partial charge in [-0.1, -0.05) is 41.9 Å². The summed E-state index contributed by atoms with van der Waals surface area (Å²) in [7, 11) is 2.84. The molecular weight excluding hydrogens is 474 g/mol. The summed E-state index contributed by atoms with van der Waals surface area (Å²) in [6.45, 7) is 0.0674. The Morgan fingerprint density at radius 2 is 1.69 bits per heavy atom. The maximum atomic E-state index is 13.4. The van der Waals surface area contributed by atoms with Gasteiger partial charge in [-0.2, -0.15) is 0 Å². The lowest BCUT2D eigenvalue weighted by Crippen LogP contribution is -2.29. The predicted molar refractivity (Wildman–Crippen MR) is 128 cm³/mol. The van der Waals surface area contributed by atoms with E-state index in [0.717, 1.165) is 0 Å². The zero-order valence-electron chi connectivity index (χ0n) is 18.8. The zero-order chi connectivity index (χ0) is 24.7. The molecule has 1 atom stereocenters. The molecule has 5 rings (SSSR count). The van der Waals surface area contributed by atoms with Gasteiger partial charge < -0.3 is 24.1 Å². The van der Waals surface area contributed by atoms with Gasteiger partial charge in [-0.15, -0.1) is 0 Å². The van der Waals surface area contributed by atoms with E-state index in [1.165, 1.54) is 31.3 Å². The van der Waals surface area contributed by atoms with E-state index in [0.29, 0.717) is 22.7 Å². The number of methoxy groups -OCH3 is 2. The predicted octanol–water partition coefficient (Wildman–Crippen LogP) is 4.71. The molecule has 0 aliphatic carbocycles. The summed E-state index contributed by atoms with van der Waals surface area (Å²) < 4.78 is 21.5. The minimum atomic E-state index is -0.914. The van der Waals surface area contributed by atoms with Crippen LogP contribution in [0.3, 0.4) is 0 Å². The number of amides is 1. The van der Waals surface area contributed by atoms with Gasteiger partial charge in [-0.25, -0.2) is 0 Å². The molecule has 178 valence electrons. The number of hydrogen-bond acceptors (Lipinski definition) is 7. The number of halogens is 1. The Hall–Kier alpha value is -4.17. The number of rotatable bonds is 5. The van der Waals surface area contributed by atoms with Crippen LogP contribution in [0.15, 0.2) is 66.2 Å². The summed E-state index contributed by atoms with van der Waals surface area (Å²) in [6, 6.07) is 16.0. The summed E-state index contributed by atoms with van der Waals surface area (Å²) in [4.78, 5) is 28.1. The Morgan fingerprint density at radius 3 is 2.40 bits per heavy atom. The number of hydrogen-bond donors (Lipinski definition) is 1. The second-order valence-corrected chi connectivity index (χ2v) is 8.21. The number of ether oxygens (including phenoxy) is 4. The third-order valence-electron chi connectivity index (χ3n) is 5.92. The summed E-state index contributed by atoms with van der Waals surface area (Å²) >= 11 is 6.22. The number of ketones is 1. The highest BCUT2D eigenvalue weighted by atomic mass is 35.5. The van der Waals surface area contributed by atoms with Gasteiger partial charge in [-0.05, 0) is 23.8 Å². The molecule has 3 aromatic carbocycles. The third-order valence-corrected chi connectivity index (χ3v) is 6.22. The second kappa shape index (κ2) is 8.88. The topological polar surface area (TPSA) is 94.5 Å². The van der Waals surface area contributed by atoms with Crippen molar-refractivity contribution >= 4 is 34.7 Å². The molecule has 0 saturated carbocycles. The molecule has 0 aromatic heterocycles. The first-order valence-electron chi connectivity index (χ1n) is 10.6. The molecule has 2 aliphatic rings. The lowest BCUT2D eigenvalue weighted by atomic mass is 9.94. The molecule has 2 aliphatic heterocycles. The SMILES string of the molecule is COc1cc(/C(O)=C2\C(=O)C(=O)N(c3ccc4c(c3)OCO4)C2c2ccccc2)c(OC)cc1Cl. The van der Waals surface area contributed by atoms with Gasteiger partial charge in [-0.3, -0.25) is 14.5 Å². The molecule has 1 fully saturated rings. The van der Waals surface area contributed by atoms with Crippen molar-refractivity contribution in [3.05, 3.63) is 82.4 Å². The van der Waals surface area contributed by atoms with Crippen molar-refractivity contribution in [3.63, 3.8) is 0 Å². The highest BCUT2D eigenvalue weighted by Crippen LogP contribution is 2.46. The second-order valence-electron chi connectivity index (χ2n) is 7.80. The van der Waals surface area contributed by atoms with Crippen molar-refractivity contribution < 1.29 is 33.6 Å². The smallest absolute Gasteiger partial charge is 0.300 e. The quantitative estimate of drug-likeness (QED) is 0.312. The molecule has 0 radical (unpaired) electrons. The van der Waals surface area contributed by atoms with Crippen molar-refractivity contribution in [2.45, 2.75) is 6.04 Å². The molecule has 8 nitrogen and oxygen atoms in total. The molecule has 0 spiro atoms. The monoisotopic (exact) mass is 493 g/mol. The van der Waals surface area contributed by atoms with Gasteiger partial charge in [0.1, 0.15) is 17.3 Å². The normalized spacial score (nSPS) is 18.1. The van der Waals surface area contributed by atoms with E-state index in [1.54, 1.807) is 42.5 Å². The van der Waals surface area contributed by atoms with E-state index in [1.807, 2.05) is 6.07 Å². The number of Topliss-reactive ketones (excluding diaryl/α,β-unsaturated/α-hetero) is 1. The number of anilines is 1. The number of benzene rings is 3. The van der Waals surface area contributed by atoms with E-state index in [-0.39, 0.29) is 34.5 Å². The van der Waals surface area contributed by atoms with Crippen LogP contribution in [0.25, 0.3) is 5.76 Å². The number of aliphatic hydroxyl groups is 1. The summed E-state index contributed by atoms with van der Waals surface area (Å²) in [6.07, 6.45) is 0. The van der Waals surface area contributed by atoms with Gasteiger partial charge in [0.2, 0.25) is 6.79 Å². The number of fused-ring (bicyclic) bond motifs is 1. The van der Waals surface area contributed by atoms with Crippen LogP contribution in [-0.4, -0.2) is 37.8 Å². The molecule has 1 amide bonds. The molecular formula is C26H20ClNO7.